The Kier molecular flexibility index (Phi) is 2.71. The van der Waals surface area contributed by atoms with Gasteiger partial charge in [0.25, 0.3) is 0 Å². The van der Waals surface area contributed by atoms with E-state index in [1.165, 1.54) is 27.9 Å². The van der Waals surface area contributed by atoms with Crippen LogP contribution in [-0.4, -0.2) is 17.0 Å². The number of hydrogen-bond donors (Lipinski definition) is 1. The van der Waals surface area contributed by atoms with Gasteiger partial charge < -0.3 is 9.47 Å². The van der Waals surface area contributed by atoms with E-state index in [1.807, 2.05) is 6.07 Å². The maximum absolute atomic E-state index is 5.47. The van der Waals surface area contributed by atoms with Crippen LogP contribution >= 0.6 is 0 Å². The van der Waals surface area contributed by atoms with Gasteiger partial charge in [-0.1, -0.05) is 30.3 Å². The van der Waals surface area contributed by atoms with Crippen molar-refractivity contribution >= 4 is 0 Å². The normalized spacial score (nSPS) is 14.4. The second kappa shape index (κ2) is 4.88. The number of rotatable bonds is 2. The molecule has 114 valence electrons. The molecule has 0 fully saturated rings. The molecule has 0 saturated heterocycles. The minimum atomic E-state index is 0.315. The van der Waals surface area contributed by atoms with Gasteiger partial charge in [0, 0.05) is 23.2 Å². The summed E-state index contributed by atoms with van der Waals surface area (Å²) in [5.41, 5.74) is 7.53. The molecular weight excluding hydrogens is 288 g/mol. The summed E-state index contributed by atoms with van der Waals surface area (Å²) in [5, 5.41) is 7.84. The van der Waals surface area contributed by atoms with Crippen molar-refractivity contribution in [1.29, 1.82) is 0 Å². The lowest BCUT2D eigenvalue weighted by molar-refractivity contribution is 0.174. The number of H-pyrrole nitrogens is 1. The molecule has 0 saturated carbocycles. The minimum absolute atomic E-state index is 0.315. The third-order valence-corrected chi connectivity index (χ3v) is 4.69. The summed E-state index contributed by atoms with van der Waals surface area (Å²) in [7, 11) is 0. The molecule has 4 heteroatoms. The lowest BCUT2D eigenvalue weighted by Crippen LogP contribution is -2.04. The van der Waals surface area contributed by atoms with Crippen LogP contribution in [0.1, 0.15) is 22.4 Å². The first-order chi connectivity index (χ1) is 11.4. The van der Waals surface area contributed by atoms with Crippen LogP contribution < -0.4 is 9.47 Å². The second-order valence-electron chi connectivity index (χ2n) is 6.05. The first-order valence-electron chi connectivity index (χ1n) is 7.91. The Balaban J connectivity index is 1.51. The van der Waals surface area contributed by atoms with Gasteiger partial charge in [0.05, 0.1) is 5.69 Å². The van der Waals surface area contributed by atoms with Gasteiger partial charge in [-0.3, -0.25) is 5.10 Å². The Morgan fingerprint density at radius 3 is 2.91 bits per heavy atom. The monoisotopic (exact) mass is 304 g/mol. The molecule has 0 amide bonds. The smallest absolute Gasteiger partial charge is 0.231 e. The predicted molar refractivity (Wildman–Crippen MR) is 86.8 cm³/mol. The zero-order valence-corrected chi connectivity index (χ0v) is 12.6. The molecule has 0 bridgehead atoms. The van der Waals surface area contributed by atoms with E-state index in [0.29, 0.717) is 6.79 Å². The highest BCUT2D eigenvalue weighted by molar-refractivity contribution is 5.70. The Morgan fingerprint density at radius 2 is 1.91 bits per heavy atom. The molecule has 1 N–H and O–H groups in total. The van der Waals surface area contributed by atoms with E-state index in [4.69, 9.17) is 9.47 Å². The van der Waals surface area contributed by atoms with Crippen LogP contribution in [0.4, 0.5) is 0 Å². The molecular formula is C19H16N2O2. The Bertz CT molecular complexity index is 898. The van der Waals surface area contributed by atoms with Gasteiger partial charge in [-0.2, -0.15) is 5.10 Å². The predicted octanol–water partition coefficient (Wildman–Crippen LogP) is 3.49. The first-order valence-corrected chi connectivity index (χ1v) is 7.91. The topological polar surface area (TPSA) is 47.1 Å². The van der Waals surface area contributed by atoms with Crippen molar-refractivity contribution in [1.82, 2.24) is 10.2 Å². The van der Waals surface area contributed by atoms with Crippen LogP contribution in [0.25, 0.3) is 11.3 Å². The SMILES string of the molecule is c1ccc2c(c1)CCc1c-2n[nH]c1Cc1ccc2c(c1)OCO2. The van der Waals surface area contributed by atoms with E-state index < -0.39 is 0 Å². The quantitative estimate of drug-likeness (QED) is 0.788. The van der Waals surface area contributed by atoms with Crippen molar-refractivity contribution in [3.8, 4) is 22.8 Å². The number of benzene rings is 2. The van der Waals surface area contributed by atoms with Gasteiger partial charge in [0.1, 0.15) is 0 Å². The molecule has 4 nitrogen and oxygen atoms in total. The largest absolute Gasteiger partial charge is 0.454 e. The summed E-state index contributed by atoms with van der Waals surface area (Å²) in [4.78, 5) is 0. The van der Waals surface area contributed by atoms with Crippen molar-refractivity contribution in [2.24, 2.45) is 0 Å². The number of hydrogen-bond acceptors (Lipinski definition) is 3. The summed E-state index contributed by atoms with van der Waals surface area (Å²) in [6.45, 7) is 0.315. The average Bonchev–Trinajstić information content (AvgIpc) is 3.21. The summed E-state index contributed by atoms with van der Waals surface area (Å²) in [6, 6.07) is 14.7. The molecule has 3 aromatic rings. The second-order valence-corrected chi connectivity index (χ2v) is 6.05. The fraction of sp³-hybridized carbons (Fsp3) is 0.211. The van der Waals surface area contributed by atoms with Gasteiger partial charge in [-0.25, -0.2) is 0 Å². The van der Waals surface area contributed by atoms with Crippen LogP contribution in [0.15, 0.2) is 42.5 Å². The maximum Gasteiger partial charge on any atom is 0.231 e. The lowest BCUT2D eigenvalue weighted by Gasteiger charge is -2.15. The average molecular weight is 304 g/mol. The van der Waals surface area contributed by atoms with Crippen LogP contribution in [0.5, 0.6) is 11.5 Å². The molecule has 0 atom stereocenters. The van der Waals surface area contributed by atoms with E-state index >= 15 is 0 Å². The molecule has 23 heavy (non-hydrogen) atoms. The Labute approximate surface area is 134 Å². The molecule has 1 aromatic heterocycles. The molecule has 1 aliphatic heterocycles. The van der Waals surface area contributed by atoms with Gasteiger partial charge in [-0.15, -0.1) is 0 Å². The number of aromatic nitrogens is 2. The van der Waals surface area contributed by atoms with Crippen molar-refractivity contribution < 1.29 is 9.47 Å². The minimum Gasteiger partial charge on any atom is -0.454 e. The van der Waals surface area contributed by atoms with Gasteiger partial charge >= 0.3 is 0 Å². The highest BCUT2D eigenvalue weighted by Crippen LogP contribution is 2.36. The number of ether oxygens (including phenoxy) is 2. The zero-order chi connectivity index (χ0) is 15.2. The van der Waals surface area contributed by atoms with Crippen molar-refractivity contribution in [3.05, 3.63) is 64.8 Å². The van der Waals surface area contributed by atoms with Crippen molar-refractivity contribution in [2.75, 3.05) is 6.79 Å². The third kappa shape index (κ3) is 2.02. The molecule has 2 aromatic carbocycles. The molecule has 0 spiro atoms. The Hall–Kier alpha value is -2.75. The van der Waals surface area contributed by atoms with Crippen molar-refractivity contribution in [3.63, 3.8) is 0 Å². The third-order valence-electron chi connectivity index (χ3n) is 4.69. The van der Waals surface area contributed by atoms with Crippen LogP contribution in [-0.2, 0) is 19.3 Å². The summed E-state index contributed by atoms with van der Waals surface area (Å²) in [5.74, 6) is 1.66. The Morgan fingerprint density at radius 1 is 1.00 bits per heavy atom. The van der Waals surface area contributed by atoms with E-state index in [0.717, 1.165) is 36.5 Å². The fourth-order valence-corrected chi connectivity index (χ4v) is 3.52. The molecule has 5 rings (SSSR count). The highest BCUT2D eigenvalue weighted by Gasteiger charge is 2.22. The van der Waals surface area contributed by atoms with Crippen LogP contribution in [0.3, 0.4) is 0 Å². The van der Waals surface area contributed by atoms with E-state index in [2.05, 4.69) is 46.6 Å². The number of aryl methyl sites for hydroxylation is 1. The van der Waals surface area contributed by atoms with E-state index in [-0.39, 0.29) is 0 Å². The molecule has 1 aliphatic carbocycles. The van der Waals surface area contributed by atoms with E-state index in [1.54, 1.807) is 0 Å². The molecule has 2 aliphatic rings. The van der Waals surface area contributed by atoms with Crippen LogP contribution in [0, 0.1) is 0 Å². The standard InChI is InChI=1S/C19H16N2O2/c1-2-4-14-13(3-1)6-7-15-16(20-21-19(14)15)9-12-5-8-17-18(10-12)23-11-22-17/h1-5,8,10H,6-7,9,11H2,(H,20,21). The maximum atomic E-state index is 5.47. The molecule has 0 radical (unpaired) electrons. The van der Waals surface area contributed by atoms with E-state index in [9.17, 15) is 0 Å². The zero-order valence-electron chi connectivity index (χ0n) is 12.6. The number of nitrogens with zero attached hydrogens (tertiary/aromatic N) is 1. The van der Waals surface area contributed by atoms with Crippen LogP contribution in [0.2, 0.25) is 0 Å². The summed E-state index contributed by atoms with van der Waals surface area (Å²) in [6.07, 6.45) is 2.96. The number of aromatic amines is 1. The molecule has 2 heterocycles. The summed E-state index contributed by atoms with van der Waals surface area (Å²) >= 11 is 0. The van der Waals surface area contributed by atoms with Crippen molar-refractivity contribution in [2.45, 2.75) is 19.3 Å². The summed E-state index contributed by atoms with van der Waals surface area (Å²) < 4.78 is 10.8. The molecule has 0 unspecified atom stereocenters. The van der Waals surface area contributed by atoms with Gasteiger partial charge in [-0.05, 0) is 36.1 Å². The van der Waals surface area contributed by atoms with Gasteiger partial charge in [0.15, 0.2) is 11.5 Å². The lowest BCUT2D eigenvalue weighted by atomic mass is 9.88. The van der Waals surface area contributed by atoms with Gasteiger partial charge in [0.2, 0.25) is 6.79 Å². The highest BCUT2D eigenvalue weighted by atomic mass is 16.7. The fourth-order valence-electron chi connectivity index (χ4n) is 3.52. The number of fused-ring (bicyclic) bond motifs is 4. The first kappa shape index (κ1) is 12.8. The number of nitrogens with one attached hydrogen (secondary N) is 1.